The molecule has 15 heteroatoms. The number of halogens is 1. The summed E-state index contributed by atoms with van der Waals surface area (Å²) in [6.45, 7) is 3.86. The molecule has 0 saturated carbocycles. The summed E-state index contributed by atoms with van der Waals surface area (Å²) in [4.78, 5) is 65.1. The van der Waals surface area contributed by atoms with Crippen LogP contribution in [-0.2, 0) is 50.9 Å². The third kappa shape index (κ3) is 13.8. The van der Waals surface area contributed by atoms with Gasteiger partial charge in [0.25, 0.3) is 0 Å². The molecular formula is C41H55FN4O10. The van der Waals surface area contributed by atoms with E-state index in [9.17, 15) is 28.4 Å². The molecule has 0 aliphatic carbocycles. The van der Waals surface area contributed by atoms with Crippen LogP contribution in [0.4, 0.5) is 14.0 Å². The first kappa shape index (κ1) is 42.4. The Morgan fingerprint density at radius 1 is 0.946 bits per heavy atom. The van der Waals surface area contributed by atoms with E-state index in [0.29, 0.717) is 58.0 Å². The highest BCUT2D eigenvalue weighted by molar-refractivity contribution is 5.84. The van der Waals surface area contributed by atoms with Crippen molar-refractivity contribution in [2.45, 2.75) is 114 Å². The summed E-state index contributed by atoms with van der Waals surface area (Å²) < 4.78 is 43.0. The number of rotatable bonds is 18. The van der Waals surface area contributed by atoms with E-state index in [1.807, 2.05) is 30.3 Å². The molecule has 0 aromatic heterocycles. The van der Waals surface area contributed by atoms with Crippen molar-refractivity contribution in [1.82, 2.24) is 20.9 Å². The minimum atomic E-state index is -1.15. The summed E-state index contributed by atoms with van der Waals surface area (Å²) in [5.74, 6) is -2.22. The molecule has 3 N–H and O–H groups in total. The first-order chi connectivity index (χ1) is 27.1. The maximum absolute atomic E-state index is 13.3. The van der Waals surface area contributed by atoms with Crippen LogP contribution in [0.15, 0.2) is 54.6 Å². The molecule has 0 unspecified atom stereocenters. The van der Waals surface area contributed by atoms with Gasteiger partial charge in [-0.25, -0.2) is 18.8 Å². The summed E-state index contributed by atoms with van der Waals surface area (Å²) in [7, 11) is 0. The number of amides is 4. The first-order valence-electron chi connectivity index (χ1n) is 19.8. The van der Waals surface area contributed by atoms with E-state index in [4.69, 9.17) is 23.7 Å². The number of hydrogen-bond acceptors (Lipinski definition) is 10. The van der Waals surface area contributed by atoms with Gasteiger partial charge in [-0.3, -0.25) is 9.59 Å². The second-order valence-corrected chi connectivity index (χ2v) is 14.5. The summed E-state index contributed by atoms with van der Waals surface area (Å²) in [6.07, 6.45) is 2.64. The smallest absolute Gasteiger partial charge is 0.407 e. The van der Waals surface area contributed by atoms with E-state index in [1.165, 1.54) is 12.1 Å². The van der Waals surface area contributed by atoms with Crippen LogP contribution in [0.3, 0.4) is 0 Å². The molecule has 4 amide bonds. The van der Waals surface area contributed by atoms with Crippen molar-refractivity contribution >= 4 is 30.0 Å². The Bertz CT molecular complexity index is 1600. The van der Waals surface area contributed by atoms with Gasteiger partial charge in [-0.2, -0.15) is 0 Å². The summed E-state index contributed by atoms with van der Waals surface area (Å²) in [5, 5.41) is 8.32. The summed E-state index contributed by atoms with van der Waals surface area (Å²) in [6, 6.07) is 14.5. The number of carbonyl (C=O) groups excluding carboxylic acids is 5. The Balaban J connectivity index is 1.16. The molecule has 3 saturated heterocycles. The van der Waals surface area contributed by atoms with Crippen LogP contribution in [0.5, 0.6) is 0 Å². The van der Waals surface area contributed by atoms with Crippen LogP contribution < -0.4 is 16.0 Å². The SMILES string of the molecule is CCOC(=O)[C@H](Cc1ccccc1)NC(=O)CC[C@@H]1C[C@@H](OC(=O)NCCc2ccc(F)cc2)C[C@@]2(CCC[C@H](COC(=O)NCCCN3CCCC3=O)O2)O1. The van der Waals surface area contributed by atoms with Gasteiger partial charge < -0.3 is 44.5 Å². The molecule has 2 aromatic carbocycles. The number of likely N-dealkylation sites (tertiary alicyclic amines) is 1. The van der Waals surface area contributed by atoms with Crippen molar-refractivity contribution < 1.29 is 52.0 Å². The Morgan fingerprint density at radius 3 is 2.46 bits per heavy atom. The van der Waals surface area contributed by atoms with E-state index in [2.05, 4.69) is 16.0 Å². The van der Waals surface area contributed by atoms with Gasteiger partial charge in [0.2, 0.25) is 11.8 Å². The van der Waals surface area contributed by atoms with Crippen LogP contribution in [0.25, 0.3) is 0 Å². The second kappa shape index (κ2) is 21.5. The fourth-order valence-corrected chi connectivity index (χ4v) is 7.38. The third-order valence-electron chi connectivity index (χ3n) is 10.1. The molecule has 3 heterocycles. The van der Waals surface area contributed by atoms with Gasteiger partial charge in [0, 0.05) is 64.7 Å². The van der Waals surface area contributed by atoms with E-state index in [-0.39, 0.29) is 63.1 Å². The normalized spacial score (nSPS) is 22.6. The number of esters is 1. The van der Waals surface area contributed by atoms with Gasteiger partial charge in [0.15, 0.2) is 5.79 Å². The minimum absolute atomic E-state index is 0.0132. The van der Waals surface area contributed by atoms with Crippen molar-refractivity contribution in [3.8, 4) is 0 Å². The first-order valence-corrected chi connectivity index (χ1v) is 19.8. The fraction of sp³-hybridized carbons (Fsp3) is 0.585. The van der Waals surface area contributed by atoms with Gasteiger partial charge in [-0.05, 0) is 68.7 Å². The number of nitrogens with one attached hydrogen (secondary N) is 3. The lowest BCUT2D eigenvalue weighted by Crippen LogP contribution is -2.54. The Kier molecular flexibility index (Phi) is 16.3. The van der Waals surface area contributed by atoms with Crippen LogP contribution in [0.2, 0.25) is 0 Å². The van der Waals surface area contributed by atoms with Gasteiger partial charge in [-0.15, -0.1) is 0 Å². The van der Waals surface area contributed by atoms with E-state index in [0.717, 1.165) is 24.1 Å². The molecule has 5 atom stereocenters. The summed E-state index contributed by atoms with van der Waals surface area (Å²) >= 11 is 0. The lowest BCUT2D eigenvalue weighted by Gasteiger charge is -2.47. The Morgan fingerprint density at radius 2 is 1.71 bits per heavy atom. The van der Waals surface area contributed by atoms with Crippen molar-refractivity contribution in [3.63, 3.8) is 0 Å². The Labute approximate surface area is 327 Å². The maximum atomic E-state index is 13.3. The number of hydrogen-bond donors (Lipinski definition) is 3. The van der Waals surface area contributed by atoms with Crippen molar-refractivity contribution in [1.29, 1.82) is 0 Å². The van der Waals surface area contributed by atoms with Crippen molar-refractivity contribution in [3.05, 3.63) is 71.5 Å². The van der Waals surface area contributed by atoms with Gasteiger partial charge >= 0.3 is 18.2 Å². The lowest BCUT2D eigenvalue weighted by molar-refractivity contribution is -0.329. The average molecular weight is 783 g/mol. The topological polar surface area (TPSA) is 171 Å². The van der Waals surface area contributed by atoms with Gasteiger partial charge in [0.05, 0.1) is 18.8 Å². The van der Waals surface area contributed by atoms with E-state index in [1.54, 1.807) is 24.0 Å². The third-order valence-corrected chi connectivity index (χ3v) is 10.1. The number of nitrogens with zero attached hydrogens (tertiary/aromatic N) is 1. The maximum Gasteiger partial charge on any atom is 0.407 e. The molecule has 3 aliphatic heterocycles. The summed E-state index contributed by atoms with van der Waals surface area (Å²) in [5.41, 5.74) is 1.74. The highest BCUT2D eigenvalue weighted by atomic mass is 19.1. The molecule has 56 heavy (non-hydrogen) atoms. The molecule has 5 rings (SSSR count). The van der Waals surface area contributed by atoms with Crippen LogP contribution in [0, 0.1) is 5.82 Å². The number of benzene rings is 2. The van der Waals surface area contributed by atoms with E-state index >= 15 is 0 Å². The quantitative estimate of drug-likeness (QED) is 0.109. The van der Waals surface area contributed by atoms with Gasteiger partial charge in [-0.1, -0.05) is 42.5 Å². The molecule has 1 spiro atoms. The van der Waals surface area contributed by atoms with E-state index < -0.39 is 48.3 Å². The predicted molar refractivity (Wildman–Crippen MR) is 202 cm³/mol. The zero-order chi connectivity index (χ0) is 39.8. The lowest BCUT2D eigenvalue weighted by atomic mass is 9.90. The van der Waals surface area contributed by atoms with Gasteiger partial charge in [0.1, 0.15) is 24.6 Å². The molecule has 3 fully saturated rings. The number of alkyl carbamates (subject to hydrolysis) is 2. The molecule has 0 bridgehead atoms. The highest BCUT2D eigenvalue weighted by Gasteiger charge is 2.47. The second-order valence-electron chi connectivity index (χ2n) is 14.5. The zero-order valence-electron chi connectivity index (χ0n) is 32.1. The molecule has 2 aromatic rings. The predicted octanol–water partition coefficient (Wildman–Crippen LogP) is 4.72. The molecule has 14 nitrogen and oxygen atoms in total. The minimum Gasteiger partial charge on any atom is -0.464 e. The number of ether oxygens (including phenoxy) is 5. The molecule has 306 valence electrons. The molecule has 0 radical (unpaired) electrons. The van der Waals surface area contributed by atoms with Crippen LogP contribution in [-0.4, -0.2) is 104 Å². The standard InChI is InChI=1S/C41H55FN4O10/c1-2-52-38(49)35(25-30-9-4-3-5-10-30)45-36(47)18-17-32-26-34(54-40(51)44-22-19-29-13-15-31(42)16-14-29)27-41(55-32)20-6-11-33(56-41)28-53-39(50)43-21-8-24-46-23-7-12-37(46)48/h3-5,9-10,13-16,32-35H,2,6-8,11-12,17-28H2,1H3,(H,43,50)(H,44,51)(H,45,47)/t32-,33-,34-,35+,41+/m1/s1. The number of carbonyl (C=O) groups is 5. The van der Waals surface area contributed by atoms with Crippen molar-refractivity contribution in [2.24, 2.45) is 0 Å². The zero-order valence-corrected chi connectivity index (χ0v) is 32.1. The van der Waals surface area contributed by atoms with Crippen molar-refractivity contribution in [2.75, 3.05) is 39.4 Å². The fourth-order valence-electron chi connectivity index (χ4n) is 7.38. The molecule has 3 aliphatic rings. The largest absolute Gasteiger partial charge is 0.464 e. The monoisotopic (exact) mass is 782 g/mol. The molecular weight excluding hydrogens is 727 g/mol. The Hall–Kier alpha value is -4.76. The highest BCUT2D eigenvalue weighted by Crippen LogP contribution is 2.41. The average Bonchev–Trinajstić information content (AvgIpc) is 3.59. The van der Waals surface area contributed by atoms with Crippen LogP contribution >= 0.6 is 0 Å². The van der Waals surface area contributed by atoms with Crippen LogP contribution in [0.1, 0.15) is 82.3 Å².